The van der Waals surface area contributed by atoms with Gasteiger partial charge in [0.15, 0.2) is 0 Å². The summed E-state index contributed by atoms with van der Waals surface area (Å²) < 4.78 is 7.57. The van der Waals surface area contributed by atoms with E-state index in [4.69, 9.17) is 22.1 Å². The van der Waals surface area contributed by atoms with Crippen LogP contribution in [0.4, 0.5) is 0 Å². The van der Waals surface area contributed by atoms with E-state index in [2.05, 4.69) is 5.10 Å². The summed E-state index contributed by atoms with van der Waals surface area (Å²) >= 11 is 5.92. The lowest BCUT2D eigenvalue weighted by Gasteiger charge is -2.21. The van der Waals surface area contributed by atoms with E-state index >= 15 is 0 Å². The number of aryl methyl sites for hydroxylation is 1. The van der Waals surface area contributed by atoms with Gasteiger partial charge in [-0.15, -0.1) is 0 Å². The summed E-state index contributed by atoms with van der Waals surface area (Å²) in [6.07, 6.45) is 4.42. The Bertz CT molecular complexity index is 541. The third-order valence-electron chi connectivity index (χ3n) is 2.95. The number of nitrogens with zero attached hydrogens (tertiary/aromatic N) is 2. The molecule has 2 rings (SSSR count). The van der Waals surface area contributed by atoms with Crippen molar-refractivity contribution in [3.05, 3.63) is 47.2 Å². The molecule has 4 nitrogen and oxygen atoms in total. The van der Waals surface area contributed by atoms with Crippen LogP contribution in [0.3, 0.4) is 0 Å². The molecule has 0 amide bonds. The van der Waals surface area contributed by atoms with Crippen LogP contribution in [0, 0.1) is 0 Å². The van der Waals surface area contributed by atoms with Gasteiger partial charge in [-0.3, -0.25) is 4.68 Å². The van der Waals surface area contributed by atoms with E-state index in [1.165, 1.54) is 0 Å². The summed E-state index contributed by atoms with van der Waals surface area (Å²) in [5.41, 5.74) is 7.26. The highest BCUT2D eigenvalue weighted by molar-refractivity contribution is 6.30. The number of halogens is 1. The van der Waals surface area contributed by atoms with Gasteiger partial charge in [0.25, 0.3) is 0 Å². The second-order valence-electron chi connectivity index (χ2n) is 4.67. The van der Waals surface area contributed by atoms with Gasteiger partial charge in [0, 0.05) is 24.3 Å². The van der Waals surface area contributed by atoms with Gasteiger partial charge < -0.3 is 10.5 Å². The highest BCUT2D eigenvalue weighted by atomic mass is 35.5. The number of aromatic nitrogens is 2. The standard InChI is InChI=1S/C14H18ClN3O/c1-10(19-13-5-3-4-12(15)7-13)14(16)6-11-8-17-18(2)9-11/h3-5,7-10,14H,6,16H2,1-2H3. The lowest BCUT2D eigenvalue weighted by Crippen LogP contribution is -2.38. The maximum Gasteiger partial charge on any atom is 0.121 e. The monoisotopic (exact) mass is 279 g/mol. The molecule has 1 heterocycles. The molecule has 0 aliphatic heterocycles. The summed E-state index contributed by atoms with van der Waals surface area (Å²) in [6, 6.07) is 7.24. The molecule has 0 saturated carbocycles. The average molecular weight is 280 g/mol. The Morgan fingerprint density at radius 1 is 1.47 bits per heavy atom. The first-order chi connectivity index (χ1) is 9.04. The third kappa shape index (κ3) is 3.98. The van der Waals surface area contributed by atoms with Gasteiger partial charge >= 0.3 is 0 Å². The Morgan fingerprint density at radius 3 is 2.89 bits per heavy atom. The molecule has 1 aromatic carbocycles. The molecule has 102 valence electrons. The van der Waals surface area contributed by atoms with Crippen molar-refractivity contribution in [2.45, 2.75) is 25.5 Å². The van der Waals surface area contributed by atoms with Crippen LogP contribution in [0.1, 0.15) is 12.5 Å². The number of hydrogen-bond donors (Lipinski definition) is 1. The van der Waals surface area contributed by atoms with Crippen LogP contribution >= 0.6 is 11.6 Å². The molecule has 0 saturated heterocycles. The fourth-order valence-electron chi connectivity index (χ4n) is 1.86. The number of benzene rings is 1. The number of hydrogen-bond acceptors (Lipinski definition) is 3. The fourth-order valence-corrected chi connectivity index (χ4v) is 2.04. The first kappa shape index (κ1) is 13.9. The van der Waals surface area contributed by atoms with Crippen LogP contribution in [-0.4, -0.2) is 21.9 Å². The molecule has 0 radical (unpaired) electrons. The first-order valence-corrected chi connectivity index (χ1v) is 6.57. The summed E-state index contributed by atoms with van der Waals surface area (Å²) in [5.74, 6) is 0.738. The zero-order valence-corrected chi connectivity index (χ0v) is 11.8. The van der Waals surface area contributed by atoms with E-state index < -0.39 is 0 Å². The van der Waals surface area contributed by atoms with Crippen molar-refractivity contribution in [2.75, 3.05) is 0 Å². The largest absolute Gasteiger partial charge is 0.489 e. The predicted molar refractivity (Wildman–Crippen MR) is 76.4 cm³/mol. The summed E-state index contributed by atoms with van der Waals surface area (Å²) in [7, 11) is 1.89. The minimum absolute atomic E-state index is 0.0943. The summed E-state index contributed by atoms with van der Waals surface area (Å²) in [6.45, 7) is 1.96. The van der Waals surface area contributed by atoms with Crippen molar-refractivity contribution in [2.24, 2.45) is 12.8 Å². The SMILES string of the molecule is CC(Oc1cccc(Cl)c1)C(N)Cc1cnn(C)c1. The van der Waals surface area contributed by atoms with Gasteiger partial charge in [0.2, 0.25) is 0 Å². The predicted octanol–water partition coefficient (Wildman–Crippen LogP) is 2.41. The Labute approximate surface area is 118 Å². The van der Waals surface area contributed by atoms with E-state index in [1.807, 2.05) is 44.6 Å². The molecule has 1 aromatic heterocycles. The van der Waals surface area contributed by atoms with Gasteiger partial charge in [-0.05, 0) is 37.1 Å². The van der Waals surface area contributed by atoms with E-state index in [9.17, 15) is 0 Å². The Kier molecular flexibility index (Phi) is 4.45. The van der Waals surface area contributed by atoms with Crippen LogP contribution in [-0.2, 0) is 13.5 Å². The van der Waals surface area contributed by atoms with Crippen molar-refractivity contribution in [1.29, 1.82) is 0 Å². The Hall–Kier alpha value is -1.52. The molecule has 0 fully saturated rings. The smallest absolute Gasteiger partial charge is 0.121 e. The topological polar surface area (TPSA) is 53.1 Å². The van der Waals surface area contributed by atoms with Crippen molar-refractivity contribution >= 4 is 11.6 Å². The minimum Gasteiger partial charge on any atom is -0.489 e. The molecule has 2 unspecified atom stereocenters. The average Bonchev–Trinajstić information content (AvgIpc) is 2.74. The van der Waals surface area contributed by atoms with Crippen molar-refractivity contribution in [3.63, 3.8) is 0 Å². The number of nitrogens with two attached hydrogens (primary N) is 1. The molecule has 2 aromatic rings. The van der Waals surface area contributed by atoms with Crippen LogP contribution in [0.2, 0.25) is 5.02 Å². The molecular weight excluding hydrogens is 262 g/mol. The maximum absolute atomic E-state index is 6.15. The van der Waals surface area contributed by atoms with Crippen LogP contribution in [0.15, 0.2) is 36.7 Å². The third-order valence-corrected chi connectivity index (χ3v) is 3.19. The molecule has 5 heteroatoms. The molecular formula is C14H18ClN3O. The molecule has 0 aliphatic carbocycles. The molecule has 19 heavy (non-hydrogen) atoms. The van der Waals surface area contributed by atoms with E-state index in [0.717, 1.165) is 17.7 Å². The Morgan fingerprint density at radius 2 is 2.26 bits per heavy atom. The van der Waals surface area contributed by atoms with E-state index in [1.54, 1.807) is 10.7 Å². The lowest BCUT2D eigenvalue weighted by atomic mass is 10.1. The highest BCUT2D eigenvalue weighted by Gasteiger charge is 2.16. The highest BCUT2D eigenvalue weighted by Crippen LogP contribution is 2.19. The van der Waals surface area contributed by atoms with Crippen molar-refractivity contribution in [1.82, 2.24) is 9.78 Å². The van der Waals surface area contributed by atoms with Gasteiger partial charge in [-0.25, -0.2) is 0 Å². The molecule has 0 spiro atoms. The van der Waals surface area contributed by atoms with E-state index in [-0.39, 0.29) is 12.1 Å². The molecule has 2 N–H and O–H groups in total. The lowest BCUT2D eigenvalue weighted by molar-refractivity contribution is 0.189. The van der Waals surface area contributed by atoms with Gasteiger partial charge in [0.05, 0.1) is 6.20 Å². The van der Waals surface area contributed by atoms with Gasteiger partial charge in [-0.2, -0.15) is 5.10 Å². The first-order valence-electron chi connectivity index (χ1n) is 6.20. The minimum atomic E-state index is -0.0985. The molecule has 2 atom stereocenters. The maximum atomic E-state index is 6.15. The summed E-state index contributed by atoms with van der Waals surface area (Å²) in [5, 5.41) is 4.79. The second kappa shape index (κ2) is 6.08. The molecule has 0 bridgehead atoms. The fraction of sp³-hybridized carbons (Fsp3) is 0.357. The molecule has 0 aliphatic rings. The number of ether oxygens (including phenoxy) is 1. The normalized spacial score (nSPS) is 14.1. The summed E-state index contributed by atoms with van der Waals surface area (Å²) in [4.78, 5) is 0. The van der Waals surface area contributed by atoms with Gasteiger partial charge in [0.1, 0.15) is 11.9 Å². The van der Waals surface area contributed by atoms with Crippen molar-refractivity contribution < 1.29 is 4.74 Å². The zero-order chi connectivity index (χ0) is 13.8. The van der Waals surface area contributed by atoms with E-state index in [0.29, 0.717) is 5.02 Å². The van der Waals surface area contributed by atoms with Crippen LogP contribution in [0.5, 0.6) is 5.75 Å². The quantitative estimate of drug-likeness (QED) is 0.914. The number of rotatable bonds is 5. The van der Waals surface area contributed by atoms with Gasteiger partial charge in [-0.1, -0.05) is 17.7 Å². The van der Waals surface area contributed by atoms with Crippen LogP contribution < -0.4 is 10.5 Å². The second-order valence-corrected chi connectivity index (χ2v) is 5.11. The Balaban J connectivity index is 1.93. The van der Waals surface area contributed by atoms with Crippen molar-refractivity contribution in [3.8, 4) is 5.75 Å². The zero-order valence-electron chi connectivity index (χ0n) is 11.1. The van der Waals surface area contributed by atoms with Crippen LogP contribution in [0.25, 0.3) is 0 Å².